The summed E-state index contributed by atoms with van der Waals surface area (Å²) >= 11 is 1.31. The number of ether oxygens (including phenoxy) is 2. The highest BCUT2D eigenvalue weighted by Gasteiger charge is 2.38. The lowest BCUT2D eigenvalue weighted by Crippen LogP contribution is -2.28. The molecule has 1 atom stereocenters. The Labute approximate surface area is 215 Å². The number of amides is 1. The molecule has 2 aromatic rings. The third kappa shape index (κ3) is 9.49. The Morgan fingerprint density at radius 1 is 1.08 bits per heavy atom. The summed E-state index contributed by atoms with van der Waals surface area (Å²) in [5.74, 6) is -5.62. The molecule has 0 saturated carbocycles. The Morgan fingerprint density at radius 3 is 2.24 bits per heavy atom. The first-order valence-corrected chi connectivity index (χ1v) is 11.4. The van der Waals surface area contributed by atoms with Crippen LogP contribution in [-0.2, 0) is 27.3 Å². The lowest BCUT2D eigenvalue weighted by molar-refractivity contribution is -0.192. The Bertz CT molecular complexity index is 1150. The van der Waals surface area contributed by atoms with Crippen molar-refractivity contribution < 1.29 is 62.2 Å². The molecule has 0 spiro atoms. The number of aliphatic carboxylic acids is 3. The lowest BCUT2D eigenvalue weighted by atomic mass is 10.1. The molecular weight excluding hydrogens is 543 g/mol. The van der Waals surface area contributed by atoms with Crippen LogP contribution in [0.2, 0.25) is 0 Å². The number of alkyl halides is 3. The minimum Gasteiger partial charge on any atom is -0.479 e. The number of hydrogen-bond donors (Lipinski definition) is 6. The Hall–Kier alpha value is -3.96. The van der Waals surface area contributed by atoms with E-state index in [0.717, 1.165) is 23.5 Å². The Balaban J connectivity index is 0.000000638. The summed E-state index contributed by atoms with van der Waals surface area (Å²) < 4.78 is 41.9. The average molecular weight is 565 g/mol. The van der Waals surface area contributed by atoms with E-state index in [4.69, 9.17) is 29.6 Å². The first kappa shape index (κ1) is 30.3. The smallest absolute Gasteiger partial charge is 0.479 e. The molecule has 1 unspecified atom stereocenters. The summed E-state index contributed by atoms with van der Waals surface area (Å²) in [5, 5.41) is 41.3. The number of benzene rings is 1. The van der Waals surface area contributed by atoms with Gasteiger partial charge in [-0.2, -0.15) is 13.2 Å². The van der Waals surface area contributed by atoms with Gasteiger partial charge in [0.25, 0.3) is 5.91 Å². The zero-order chi connectivity index (χ0) is 28.5. The first-order valence-electron chi connectivity index (χ1n) is 10.6. The second-order valence-electron chi connectivity index (χ2n) is 7.42. The van der Waals surface area contributed by atoms with E-state index in [1.54, 1.807) is 0 Å². The third-order valence-electron chi connectivity index (χ3n) is 4.55. The summed E-state index contributed by atoms with van der Waals surface area (Å²) in [4.78, 5) is 48.1. The van der Waals surface area contributed by atoms with Crippen LogP contribution in [0.5, 0.6) is 11.5 Å². The number of thiazole rings is 1. The maximum absolute atomic E-state index is 12.4. The maximum atomic E-state index is 12.4. The van der Waals surface area contributed by atoms with E-state index in [9.17, 15) is 32.7 Å². The van der Waals surface area contributed by atoms with E-state index in [1.807, 2.05) is 0 Å². The van der Waals surface area contributed by atoms with Crippen molar-refractivity contribution >= 4 is 35.2 Å². The Morgan fingerprint density at radius 2 is 1.68 bits per heavy atom. The van der Waals surface area contributed by atoms with E-state index < -0.39 is 49.3 Å². The van der Waals surface area contributed by atoms with Gasteiger partial charge in [0.2, 0.25) is 0 Å². The molecular formula is C21H22F3N3O10S. The number of aliphatic hydroxyl groups is 1. The monoisotopic (exact) mass is 565 g/mol. The fourth-order valence-electron chi connectivity index (χ4n) is 2.85. The summed E-state index contributed by atoms with van der Waals surface area (Å²) in [6.45, 7) is 0.0559. The average Bonchev–Trinajstić information content (AvgIpc) is 3.29. The van der Waals surface area contributed by atoms with Gasteiger partial charge in [-0.1, -0.05) is 6.07 Å². The van der Waals surface area contributed by atoms with Crippen molar-refractivity contribution in [3.8, 4) is 11.5 Å². The molecule has 2 heterocycles. The van der Waals surface area contributed by atoms with Gasteiger partial charge in [0, 0.05) is 30.9 Å². The quantitative estimate of drug-likeness (QED) is 0.237. The number of carbonyl (C=O) groups is 4. The number of carbonyl (C=O) groups excluding carboxylic acids is 1. The third-order valence-corrected chi connectivity index (χ3v) is 5.65. The maximum Gasteiger partial charge on any atom is 0.490 e. The molecule has 6 N–H and O–H groups in total. The van der Waals surface area contributed by atoms with Crippen molar-refractivity contribution in [2.24, 2.45) is 0 Å². The molecule has 1 amide bonds. The summed E-state index contributed by atoms with van der Waals surface area (Å²) in [7, 11) is 0. The number of nitrogens with zero attached hydrogens (tertiary/aromatic N) is 1. The van der Waals surface area contributed by atoms with Crippen molar-refractivity contribution in [3.05, 3.63) is 39.3 Å². The van der Waals surface area contributed by atoms with Crippen LogP contribution >= 0.6 is 11.3 Å². The van der Waals surface area contributed by atoms with Gasteiger partial charge < -0.3 is 40.5 Å². The van der Waals surface area contributed by atoms with Crippen LogP contribution < -0.4 is 20.1 Å². The number of fused-ring (bicyclic) bond motifs is 1. The summed E-state index contributed by atoms with van der Waals surface area (Å²) in [6.07, 6.45) is -5.45. The normalized spacial score (nSPS) is 13.3. The minimum absolute atomic E-state index is 0.0191. The molecule has 1 aliphatic heterocycles. The van der Waals surface area contributed by atoms with Crippen LogP contribution in [0.4, 0.5) is 13.2 Å². The molecule has 3 rings (SSSR count). The van der Waals surface area contributed by atoms with Crippen LogP contribution in [0.15, 0.2) is 18.2 Å². The highest BCUT2D eigenvalue weighted by molar-refractivity contribution is 7.13. The molecule has 0 aliphatic carbocycles. The van der Waals surface area contributed by atoms with E-state index in [-0.39, 0.29) is 18.0 Å². The second-order valence-corrected chi connectivity index (χ2v) is 8.50. The van der Waals surface area contributed by atoms with Crippen molar-refractivity contribution in [1.29, 1.82) is 0 Å². The number of nitrogens with one attached hydrogen (secondary N) is 2. The van der Waals surface area contributed by atoms with Gasteiger partial charge in [-0.25, -0.2) is 19.4 Å². The molecule has 38 heavy (non-hydrogen) atoms. The number of carboxylic acids is 3. The molecule has 1 aromatic heterocycles. The Kier molecular flexibility index (Phi) is 10.8. The summed E-state index contributed by atoms with van der Waals surface area (Å²) in [5.41, 5.74) is 1.23. The molecule has 0 saturated heterocycles. The van der Waals surface area contributed by atoms with Gasteiger partial charge in [0.1, 0.15) is 0 Å². The van der Waals surface area contributed by atoms with E-state index in [1.165, 1.54) is 29.5 Å². The lowest BCUT2D eigenvalue weighted by Gasteiger charge is -2.16. The molecule has 208 valence electrons. The van der Waals surface area contributed by atoms with Gasteiger partial charge in [0.05, 0.1) is 11.8 Å². The number of carboxylic acid groups (broad SMARTS) is 3. The van der Waals surface area contributed by atoms with Crippen LogP contribution in [0, 0.1) is 0 Å². The molecule has 0 radical (unpaired) electrons. The molecule has 1 aromatic carbocycles. The standard InChI is InChI=1S/C19H21N3O8S.C2HF3O2/c23-12(6-21-18(28)19-22-11-3-4-20-7-15(11)31-19)10-1-2-13(29-8-16(24)25)14(5-10)30-9-17(26)27;3-2(4,5)1(6)7/h1-2,5,12,20,23H,3-4,6-9H2,(H,21,28)(H,24,25)(H,26,27);(H,6,7). The fourth-order valence-corrected chi connectivity index (χ4v) is 3.84. The van der Waals surface area contributed by atoms with Gasteiger partial charge >= 0.3 is 24.1 Å². The zero-order valence-electron chi connectivity index (χ0n) is 19.3. The van der Waals surface area contributed by atoms with E-state index >= 15 is 0 Å². The molecule has 0 fully saturated rings. The van der Waals surface area contributed by atoms with Crippen molar-refractivity contribution in [3.63, 3.8) is 0 Å². The first-order chi connectivity index (χ1) is 17.8. The zero-order valence-corrected chi connectivity index (χ0v) is 20.1. The van der Waals surface area contributed by atoms with Gasteiger partial charge in [-0.3, -0.25) is 4.79 Å². The predicted octanol–water partition coefficient (Wildman–Crippen LogP) is 0.812. The number of halogens is 3. The molecule has 0 bridgehead atoms. The van der Waals surface area contributed by atoms with Crippen LogP contribution in [0.3, 0.4) is 0 Å². The minimum atomic E-state index is -5.08. The second kappa shape index (κ2) is 13.5. The highest BCUT2D eigenvalue weighted by Crippen LogP contribution is 2.31. The number of aromatic nitrogens is 1. The van der Waals surface area contributed by atoms with Gasteiger partial charge in [0.15, 0.2) is 29.7 Å². The number of hydrogen-bond acceptors (Lipinski definition) is 10. The largest absolute Gasteiger partial charge is 0.490 e. The van der Waals surface area contributed by atoms with E-state index in [0.29, 0.717) is 17.1 Å². The molecule has 13 nitrogen and oxygen atoms in total. The van der Waals surface area contributed by atoms with Gasteiger partial charge in [-0.15, -0.1) is 11.3 Å². The van der Waals surface area contributed by atoms with Crippen molar-refractivity contribution in [1.82, 2.24) is 15.6 Å². The van der Waals surface area contributed by atoms with Crippen LogP contribution in [0.25, 0.3) is 0 Å². The number of rotatable bonds is 10. The van der Waals surface area contributed by atoms with Crippen molar-refractivity contribution in [2.75, 3.05) is 26.3 Å². The SMILES string of the molecule is O=C(O)C(F)(F)F.O=C(O)COc1ccc(C(O)CNC(=O)c2nc3c(s2)CNCC3)cc1OCC(=O)O. The fraction of sp³-hybridized carbons (Fsp3) is 0.381. The van der Waals surface area contributed by atoms with Crippen molar-refractivity contribution in [2.45, 2.75) is 25.2 Å². The summed E-state index contributed by atoms with van der Waals surface area (Å²) in [6, 6.07) is 4.17. The number of aliphatic hydroxyl groups excluding tert-OH is 1. The van der Waals surface area contributed by atoms with E-state index in [2.05, 4.69) is 15.6 Å². The van der Waals surface area contributed by atoms with Crippen LogP contribution in [-0.4, -0.2) is 81.7 Å². The van der Waals surface area contributed by atoms with Gasteiger partial charge in [-0.05, 0) is 17.7 Å². The highest BCUT2D eigenvalue weighted by atomic mass is 32.1. The predicted molar refractivity (Wildman–Crippen MR) is 121 cm³/mol. The topological polar surface area (TPSA) is 205 Å². The molecule has 17 heteroatoms. The molecule has 1 aliphatic rings. The van der Waals surface area contributed by atoms with Crippen LogP contribution in [0.1, 0.15) is 32.0 Å².